The normalized spacial score (nSPS) is 12.6. The van der Waals surface area contributed by atoms with Crippen LogP contribution < -0.4 is 5.84 Å². The van der Waals surface area contributed by atoms with Gasteiger partial charge >= 0.3 is 0 Å². The highest BCUT2D eigenvalue weighted by atomic mass is 15.5. The zero-order chi connectivity index (χ0) is 7.82. The van der Waals surface area contributed by atoms with E-state index in [4.69, 9.17) is 6.42 Å². The molecule has 0 spiro atoms. The average Bonchev–Trinajstić information content (AvgIpc) is 1.99. The summed E-state index contributed by atoms with van der Waals surface area (Å²) in [7, 11) is 0. The third-order valence-corrected chi connectivity index (χ3v) is 0.665. The maximum Gasteiger partial charge on any atom is 0.133 e. The number of nitrogens with two attached hydrogens (primary N) is 1. The van der Waals surface area contributed by atoms with Crippen molar-refractivity contribution in [3.63, 3.8) is 0 Å². The summed E-state index contributed by atoms with van der Waals surface area (Å²) in [5, 5.41) is 12.5. The molecule has 5 heteroatoms. The molecule has 0 saturated heterocycles. The van der Waals surface area contributed by atoms with Gasteiger partial charge in [0, 0.05) is 0 Å². The quantitative estimate of drug-likeness (QED) is 0.264. The van der Waals surface area contributed by atoms with Crippen LogP contribution in [0.25, 0.3) is 0 Å². The molecule has 2 N–H and O–H groups in total. The molecular weight excluding hydrogens is 130 g/mol. The van der Waals surface area contributed by atoms with Gasteiger partial charge in [0.1, 0.15) is 5.70 Å². The lowest BCUT2D eigenvalue weighted by molar-refractivity contribution is 0.884. The minimum atomic E-state index is 0.396. The summed E-state index contributed by atoms with van der Waals surface area (Å²) in [6, 6.07) is 0. The van der Waals surface area contributed by atoms with Gasteiger partial charge in [-0.25, -0.2) is 0 Å². The number of hydrogen-bond donors (Lipinski definition) is 1. The third kappa shape index (κ3) is 3.32. The summed E-state index contributed by atoms with van der Waals surface area (Å²) in [5.41, 5.74) is 0.396. The molecule has 0 aromatic rings. The van der Waals surface area contributed by atoms with E-state index >= 15 is 0 Å². The van der Waals surface area contributed by atoms with Crippen molar-refractivity contribution in [2.75, 3.05) is 0 Å². The van der Waals surface area contributed by atoms with Gasteiger partial charge in [0.05, 0.1) is 0 Å². The fourth-order valence-electron chi connectivity index (χ4n) is 0.261. The highest BCUT2D eigenvalue weighted by Gasteiger charge is 1.80. The molecular formula is C5H7N5. The van der Waals surface area contributed by atoms with Crippen LogP contribution >= 0.6 is 0 Å². The molecule has 0 saturated carbocycles. The monoisotopic (exact) mass is 137 g/mol. The Bertz CT molecular complexity index is 207. The Morgan fingerprint density at radius 2 is 2.30 bits per heavy atom. The number of rotatable bonds is 2. The van der Waals surface area contributed by atoms with Crippen molar-refractivity contribution < 1.29 is 0 Å². The summed E-state index contributed by atoms with van der Waals surface area (Å²) in [6.45, 7) is 1.74. The fourth-order valence-corrected chi connectivity index (χ4v) is 0.261. The Hall–Kier alpha value is -1.70. The largest absolute Gasteiger partial charge is 0.303 e. The minimum absolute atomic E-state index is 0.396. The van der Waals surface area contributed by atoms with E-state index in [0.29, 0.717) is 5.70 Å². The molecule has 0 amide bonds. The third-order valence-electron chi connectivity index (χ3n) is 0.665. The van der Waals surface area contributed by atoms with Gasteiger partial charge < -0.3 is 5.84 Å². The van der Waals surface area contributed by atoms with E-state index in [0.717, 1.165) is 0 Å². The van der Waals surface area contributed by atoms with E-state index in [1.165, 1.54) is 0 Å². The summed E-state index contributed by atoms with van der Waals surface area (Å²) in [4.78, 5) is 0. The van der Waals surface area contributed by atoms with E-state index in [2.05, 4.69) is 32.5 Å². The standard InChI is InChI=1S/C5H7N5/c1-3-5(4-2)7-9-10-8-6/h1,4H,2H3,(H2,6,7,10)/b5-4+. The molecule has 0 aromatic carbocycles. The van der Waals surface area contributed by atoms with Gasteiger partial charge in [-0.15, -0.1) is 11.5 Å². The Morgan fingerprint density at radius 3 is 2.70 bits per heavy atom. The first-order valence-corrected chi connectivity index (χ1v) is 2.49. The molecule has 0 aliphatic rings. The maximum absolute atomic E-state index is 4.99. The van der Waals surface area contributed by atoms with E-state index < -0.39 is 0 Å². The van der Waals surface area contributed by atoms with Crippen LogP contribution in [-0.4, -0.2) is 0 Å². The topological polar surface area (TPSA) is 75.5 Å². The van der Waals surface area contributed by atoms with Crippen LogP contribution in [0.15, 0.2) is 32.6 Å². The van der Waals surface area contributed by atoms with Crippen LogP contribution in [-0.2, 0) is 0 Å². The van der Waals surface area contributed by atoms with Gasteiger partial charge in [0.2, 0.25) is 0 Å². The van der Waals surface area contributed by atoms with Crippen LogP contribution in [0.1, 0.15) is 6.92 Å². The Balaban J connectivity index is 4.02. The van der Waals surface area contributed by atoms with E-state index in [1.807, 2.05) is 0 Å². The van der Waals surface area contributed by atoms with E-state index in [9.17, 15) is 0 Å². The van der Waals surface area contributed by atoms with Crippen molar-refractivity contribution in [3.05, 3.63) is 11.8 Å². The average molecular weight is 137 g/mol. The predicted octanol–water partition coefficient (Wildman–Crippen LogP) is 1.22. The lowest BCUT2D eigenvalue weighted by atomic mass is 10.4. The molecule has 0 aliphatic heterocycles. The molecule has 0 heterocycles. The first-order chi connectivity index (χ1) is 4.85. The lowest BCUT2D eigenvalue weighted by Gasteiger charge is -1.79. The van der Waals surface area contributed by atoms with Crippen LogP contribution in [0.5, 0.6) is 0 Å². The molecule has 0 rings (SSSR count). The Labute approximate surface area is 58.7 Å². The summed E-state index contributed by atoms with van der Waals surface area (Å²) in [5.74, 6) is 6.90. The summed E-state index contributed by atoms with van der Waals surface area (Å²) in [6.07, 6.45) is 6.61. The molecule has 10 heavy (non-hydrogen) atoms. The minimum Gasteiger partial charge on any atom is -0.303 e. The molecule has 0 atom stereocenters. The second kappa shape index (κ2) is 5.44. The van der Waals surface area contributed by atoms with Crippen LogP contribution in [0, 0.1) is 12.3 Å². The zero-order valence-electron chi connectivity index (χ0n) is 5.52. The summed E-state index contributed by atoms with van der Waals surface area (Å²) >= 11 is 0. The van der Waals surface area contributed by atoms with Crippen molar-refractivity contribution in [1.82, 2.24) is 0 Å². The van der Waals surface area contributed by atoms with Crippen molar-refractivity contribution in [1.29, 1.82) is 0 Å². The van der Waals surface area contributed by atoms with Gasteiger partial charge in [0.15, 0.2) is 0 Å². The van der Waals surface area contributed by atoms with Crippen molar-refractivity contribution in [2.45, 2.75) is 6.92 Å². The smallest absolute Gasteiger partial charge is 0.133 e. The lowest BCUT2D eigenvalue weighted by Crippen LogP contribution is -1.72. The number of hydrogen-bond acceptors (Lipinski definition) is 2. The van der Waals surface area contributed by atoms with Gasteiger partial charge in [-0.05, 0) is 23.3 Å². The van der Waals surface area contributed by atoms with Crippen LogP contribution in [0.2, 0.25) is 0 Å². The predicted molar refractivity (Wildman–Crippen MR) is 36.5 cm³/mol. The first kappa shape index (κ1) is 8.30. The Morgan fingerprint density at radius 1 is 1.60 bits per heavy atom. The van der Waals surface area contributed by atoms with Gasteiger partial charge in [-0.1, -0.05) is 11.3 Å². The molecule has 0 fully saturated rings. The molecule has 0 radical (unpaired) electrons. The SMILES string of the molecule is C#C/C(=C\C)N=NN=NN. The second-order valence-corrected chi connectivity index (χ2v) is 1.21. The number of terminal acetylenes is 1. The van der Waals surface area contributed by atoms with Crippen molar-refractivity contribution in [2.24, 2.45) is 26.6 Å². The van der Waals surface area contributed by atoms with Crippen LogP contribution in [0.4, 0.5) is 0 Å². The van der Waals surface area contributed by atoms with Gasteiger partial charge in [0.25, 0.3) is 0 Å². The highest BCUT2D eigenvalue weighted by molar-refractivity contribution is 5.21. The molecule has 0 bridgehead atoms. The molecule has 0 unspecified atom stereocenters. The Kier molecular flexibility index (Phi) is 4.51. The molecule has 5 nitrogen and oxygen atoms in total. The first-order valence-electron chi connectivity index (χ1n) is 2.49. The fraction of sp³-hybridized carbons (Fsp3) is 0.200. The van der Waals surface area contributed by atoms with Gasteiger partial charge in [-0.2, -0.15) is 0 Å². The molecule has 52 valence electrons. The highest BCUT2D eigenvalue weighted by Crippen LogP contribution is 1.93. The number of allylic oxidation sites excluding steroid dienone is 2. The molecule has 0 aliphatic carbocycles. The van der Waals surface area contributed by atoms with Crippen LogP contribution in [0.3, 0.4) is 0 Å². The zero-order valence-corrected chi connectivity index (χ0v) is 5.52. The van der Waals surface area contributed by atoms with Crippen molar-refractivity contribution in [3.8, 4) is 12.3 Å². The maximum atomic E-state index is 4.99. The number of nitrogens with zero attached hydrogens (tertiary/aromatic N) is 4. The van der Waals surface area contributed by atoms with Crippen molar-refractivity contribution >= 4 is 0 Å². The van der Waals surface area contributed by atoms with Gasteiger partial charge in [-0.3, -0.25) is 0 Å². The second-order valence-electron chi connectivity index (χ2n) is 1.21. The summed E-state index contributed by atoms with van der Waals surface area (Å²) < 4.78 is 0. The molecule has 0 aromatic heterocycles. The van der Waals surface area contributed by atoms with E-state index in [-0.39, 0.29) is 0 Å². The van der Waals surface area contributed by atoms with E-state index in [1.54, 1.807) is 13.0 Å².